The molecule has 1 aromatic heterocycles. The van der Waals surface area contributed by atoms with Crippen LogP contribution in [0, 0.1) is 6.92 Å². The number of nitrogens with zero attached hydrogens (tertiary/aromatic N) is 3. The SMILES string of the molecule is CCN(CC)c1ncnc(N)c1C. The molecule has 0 amide bonds. The first-order chi connectivity index (χ1) is 6.20. The fourth-order valence-electron chi connectivity index (χ4n) is 1.30. The Kier molecular flexibility index (Phi) is 3.06. The molecule has 0 aliphatic carbocycles. The van der Waals surface area contributed by atoms with Crippen LogP contribution in [-0.2, 0) is 0 Å². The highest BCUT2D eigenvalue weighted by Gasteiger charge is 2.08. The van der Waals surface area contributed by atoms with Crippen LogP contribution in [0.2, 0.25) is 0 Å². The predicted molar refractivity (Wildman–Crippen MR) is 54.7 cm³/mol. The van der Waals surface area contributed by atoms with Gasteiger partial charge in [-0.1, -0.05) is 0 Å². The number of nitrogen functional groups attached to an aromatic ring is 1. The molecule has 4 nitrogen and oxygen atoms in total. The molecule has 0 aliphatic rings. The minimum Gasteiger partial charge on any atom is -0.383 e. The second-order valence-corrected chi connectivity index (χ2v) is 2.88. The maximum Gasteiger partial charge on any atom is 0.136 e. The van der Waals surface area contributed by atoms with Gasteiger partial charge in [-0.05, 0) is 20.8 Å². The fourth-order valence-corrected chi connectivity index (χ4v) is 1.30. The van der Waals surface area contributed by atoms with Gasteiger partial charge in [0, 0.05) is 18.7 Å². The third kappa shape index (κ3) is 1.88. The molecular weight excluding hydrogens is 164 g/mol. The zero-order chi connectivity index (χ0) is 9.84. The third-order valence-electron chi connectivity index (χ3n) is 2.16. The highest BCUT2D eigenvalue weighted by Crippen LogP contribution is 2.18. The average molecular weight is 180 g/mol. The quantitative estimate of drug-likeness (QED) is 0.759. The Morgan fingerprint density at radius 1 is 1.31 bits per heavy atom. The summed E-state index contributed by atoms with van der Waals surface area (Å²) in [5.74, 6) is 1.51. The lowest BCUT2D eigenvalue weighted by Crippen LogP contribution is -2.24. The topological polar surface area (TPSA) is 55.0 Å². The molecule has 0 aliphatic heterocycles. The lowest BCUT2D eigenvalue weighted by Gasteiger charge is -2.21. The number of rotatable bonds is 3. The second kappa shape index (κ2) is 4.07. The van der Waals surface area contributed by atoms with Crippen molar-refractivity contribution in [2.75, 3.05) is 23.7 Å². The van der Waals surface area contributed by atoms with E-state index in [1.54, 1.807) is 0 Å². The Balaban J connectivity index is 3.05. The number of hydrogen-bond donors (Lipinski definition) is 1. The number of anilines is 2. The Bertz CT molecular complexity index is 281. The van der Waals surface area contributed by atoms with Gasteiger partial charge in [-0.15, -0.1) is 0 Å². The molecule has 13 heavy (non-hydrogen) atoms. The van der Waals surface area contributed by atoms with E-state index in [-0.39, 0.29) is 0 Å². The van der Waals surface area contributed by atoms with Crippen LogP contribution in [0.5, 0.6) is 0 Å². The average Bonchev–Trinajstić information content (AvgIpc) is 2.14. The van der Waals surface area contributed by atoms with Gasteiger partial charge in [0.2, 0.25) is 0 Å². The summed E-state index contributed by atoms with van der Waals surface area (Å²) in [5.41, 5.74) is 6.65. The van der Waals surface area contributed by atoms with Crippen molar-refractivity contribution >= 4 is 11.6 Å². The van der Waals surface area contributed by atoms with Gasteiger partial charge in [-0.2, -0.15) is 0 Å². The van der Waals surface area contributed by atoms with Crippen molar-refractivity contribution in [2.45, 2.75) is 20.8 Å². The Morgan fingerprint density at radius 2 is 1.92 bits per heavy atom. The maximum absolute atomic E-state index is 5.69. The molecule has 0 aromatic carbocycles. The van der Waals surface area contributed by atoms with Gasteiger partial charge in [0.1, 0.15) is 18.0 Å². The van der Waals surface area contributed by atoms with E-state index in [1.165, 1.54) is 6.33 Å². The minimum absolute atomic E-state index is 0.567. The molecule has 0 bridgehead atoms. The highest BCUT2D eigenvalue weighted by molar-refractivity contribution is 5.55. The predicted octanol–water partition coefficient (Wildman–Crippen LogP) is 1.21. The van der Waals surface area contributed by atoms with Gasteiger partial charge in [0.05, 0.1) is 0 Å². The summed E-state index contributed by atoms with van der Waals surface area (Å²) in [5, 5.41) is 0. The van der Waals surface area contributed by atoms with Gasteiger partial charge < -0.3 is 10.6 Å². The first-order valence-corrected chi connectivity index (χ1v) is 4.52. The Labute approximate surface area is 78.8 Å². The fraction of sp³-hybridized carbons (Fsp3) is 0.556. The van der Waals surface area contributed by atoms with E-state index in [4.69, 9.17) is 5.73 Å². The van der Waals surface area contributed by atoms with Crippen LogP contribution in [-0.4, -0.2) is 23.1 Å². The first kappa shape index (κ1) is 9.77. The molecular formula is C9H16N4. The molecule has 0 spiro atoms. The van der Waals surface area contributed by atoms with Crippen LogP contribution in [0.4, 0.5) is 11.6 Å². The van der Waals surface area contributed by atoms with E-state index in [2.05, 4.69) is 28.7 Å². The van der Waals surface area contributed by atoms with E-state index in [1.807, 2.05) is 6.92 Å². The molecule has 1 heterocycles. The van der Waals surface area contributed by atoms with Crippen molar-refractivity contribution in [3.63, 3.8) is 0 Å². The van der Waals surface area contributed by atoms with Crippen LogP contribution in [0.25, 0.3) is 0 Å². The molecule has 72 valence electrons. The lowest BCUT2D eigenvalue weighted by atomic mass is 10.3. The monoisotopic (exact) mass is 180 g/mol. The summed E-state index contributed by atoms with van der Waals surface area (Å²) in [6.07, 6.45) is 1.51. The summed E-state index contributed by atoms with van der Waals surface area (Å²) in [7, 11) is 0. The number of hydrogen-bond acceptors (Lipinski definition) is 4. The zero-order valence-electron chi connectivity index (χ0n) is 8.41. The smallest absolute Gasteiger partial charge is 0.136 e. The largest absolute Gasteiger partial charge is 0.383 e. The van der Waals surface area contributed by atoms with E-state index < -0.39 is 0 Å². The molecule has 1 aromatic rings. The molecule has 0 saturated carbocycles. The van der Waals surface area contributed by atoms with Crippen molar-refractivity contribution in [3.05, 3.63) is 11.9 Å². The first-order valence-electron chi connectivity index (χ1n) is 4.52. The zero-order valence-corrected chi connectivity index (χ0v) is 8.41. The summed E-state index contributed by atoms with van der Waals surface area (Å²) < 4.78 is 0. The van der Waals surface area contributed by atoms with Crippen LogP contribution in [0.1, 0.15) is 19.4 Å². The van der Waals surface area contributed by atoms with Gasteiger partial charge >= 0.3 is 0 Å². The van der Waals surface area contributed by atoms with Crippen molar-refractivity contribution in [3.8, 4) is 0 Å². The Hall–Kier alpha value is -1.32. The van der Waals surface area contributed by atoms with Crippen LogP contribution >= 0.6 is 0 Å². The van der Waals surface area contributed by atoms with Crippen molar-refractivity contribution in [1.82, 2.24) is 9.97 Å². The van der Waals surface area contributed by atoms with Gasteiger partial charge in [0.25, 0.3) is 0 Å². The van der Waals surface area contributed by atoms with Crippen molar-refractivity contribution < 1.29 is 0 Å². The van der Waals surface area contributed by atoms with E-state index in [0.29, 0.717) is 5.82 Å². The standard InChI is InChI=1S/C9H16N4/c1-4-13(5-2)9-7(3)8(10)11-6-12-9/h6H,4-5H2,1-3H3,(H2,10,11,12). The molecule has 0 atom stereocenters. The van der Waals surface area contributed by atoms with E-state index in [9.17, 15) is 0 Å². The summed E-state index contributed by atoms with van der Waals surface area (Å²) >= 11 is 0. The van der Waals surface area contributed by atoms with Gasteiger partial charge in [-0.3, -0.25) is 0 Å². The molecule has 0 radical (unpaired) electrons. The molecule has 2 N–H and O–H groups in total. The second-order valence-electron chi connectivity index (χ2n) is 2.88. The Morgan fingerprint density at radius 3 is 2.46 bits per heavy atom. The number of aromatic nitrogens is 2. The molecule has 0 fully saturated rings. The summed E-state index contributed by atoms with van der Waals surface area (Å²) in [6, 6.07) is 0. The van der Waals surface area contributed by atoms with E-state index >= 15 is 0 Å². The molecule has 4 heteroatoms. The molecule has 1 rings (SSSR count). The molecule has 0 saturated heterocycles. The third-order valence-corrected chi connectivity index (χ3v) is 2.16. The van der Waals surface area contributed by atoms with E-state index in [0.717, 1.165) is 24.5 Å². The van der Waals surface area contributed by atoms with Crippen molar-refractivity contribution in [1.29, 1.82) is 0 Å². The van der Waals surface area contributed by atoms with Crippen LogP contribution in [0.3, 0.4) is 0 Å². The van der Waals surface area contributed by atoms with Crippen molar-refractivity contribution in [2.24, 2.45) is 0 Å². The normalized spacial score (nSPS) is 10.1. The minimum atomic E-state index is 0.567. The van der Waals surface area contributed by atoms with Crippen LogP contribution < -0.4 is 10.6 Å². The maximum atomic E-state index is 5.69. The summed E-state index contributed by atoms with van der Waals surface area (Å²) in [6.45, 7) is 8.02. The lowest BCUT2D eigenvalue weighted by molar-refractivity contribution is 0.836. The molecule has 0 unspecified atom stereocenters. The highest BCUT2D eigenvalue weighted by atomic mass is 15.2. The summed E-state index contributed by atoms with van der Waals surface area (Å²) in [4.78, 5) is 10.3. The van der Waals surface area contributed by atoms with Gasteiger partial charge in [0.15, 0.2) is 0 Å². The van der Waals surface area contributed by atoms with Crippen LogP contribution in [0.15, 0.2) is 6.33 Å². The number of nitrogens with two attached hydrogens (primary N) is 1. The van der Waals surface area contributed by atoms with Gasteiger partial charge in [-0.25, -0.2) is 9.97 Å².